The number of fused-ring (bicyclic) bond motifs is 2. The molecule has 4 nitrogen and oxygen atoms in total. The number of nitrogens with one attached hydrogen (secondary N) is 1. The summed E-state index contributed by atoms with van der Waals surface area (Å²) in [6.45, 7) is 10.2. The second kappa shape index (κ2) is 4.37. The van der Waals surface area contributed by atoms with Gasteiger partial charge in [-0.1, -0.05) is 20.8 Å². The molecule has 0 unspecified atom stereocenters. The molecule has 3 rings (SSSR count). The Kier molecular flexibility index (Phi) is 3.04. The minimum atomic E-state index is 0.0584. The van der Waals surface area contributed by atoms with Gasteiger partial charge in [0.1, 0.15) is 0 Å². The lowest BCUT2D eigenvalue weighted by molar-refractivity contribution is -0.0490. The van der Waals surface area contributed by atoms with Crippen molar-refractivity contribution in [2.75, 3.05) is 26.2 Å². The van der Waals surface area contributed by atoms with Gasteiger partial charge in [-0.2, -0.15) is 0 Å². The lowest BCUT2D eigenvalue weighted by Crippen LogP contribution is -2.39. The summed E-state index contributed by atoms with van der Waals surface area (Å²) in [5, 5.41) is 2.83. The first kappa shape index (κ1) is 13.2. The number of carbonyl (C=O) groups is 1. The van der Waals surface area contributed by atoms with Gasteiger partial charge in [0.15, 0.2) is 0 Å². The van der Waals surface area contributed by atoms with Crippen LogP contribution < -0.4 is 5.32 Å². The maximum absolute atomic E-state index is 11.5. The molecule has 1 saturated heterocycles. The van der Waals surface area contributed by atoms with E-state index < -0.39 is 0 Å². The van der Waals surface area contributed by atoms with Gasteiger partial charge >= 0.3 is 6.03 Å². The van der Waals surface area contributed by atoms with Gasteiger partial charge in [0, 0.05) is 19.6 Å². The zero-order chi connectivity index (χ0) is 13.7. The van der Waals surface area contributed by atoms with Crippen LogP contribution in [0.3, 0.4) is 0 Å². The monoisotopic (exact) mass is 266 g/mol. The van der Waals surface area contributed by atoms with Crippen molar-refractivity contribution in [2.24, 2.45) is 16.7 Å². The van der Waals surface area contributed by atoms with E-state index in [1.165, 1.54) is 19.3 Å². The highest BCUT2D eigenvalue weighted by molar-refractivity contribution is 5.76. The summed E-state index contributed by atoms with van der Waals surface area (Å²) in [7, 11) is 0. The molecule has 0 spiro atoms. The molecular weight excluding hydrogens is 240 g/mol. The molecule has 4 heteroatoms. The van der Waals surface area contributed by atoms with Crippen LogP contribution in [0.25, 0.3) is 0 Å². The zero-order valence-electron chi connectivity index (χ0n) is 12.4. The third-order valence-corrected chi connectivity index (χ3v) is 6.34. The van der Waals surface area contributed by atoms with Gasteiger partial charge in [0.05, 0.1) is 12.7 Å². The van der Waals surface area contributed by atoms with Gasteiger partial charge < -0.3 is 15.0 Å². The lowest BCUT2D eigenvalue weighted by atomic mass is 9.70. The normalized spacial score (nSPS) is 39.9. The molecule has 108 valence electrons. The molecule has 1 heterocycles. The van der Waals surface area contributed by atoms with Crippen molar-refractivity contribution < 1.29 is 9.53 Å². The van der Waals surface area contributed by atoms with Crippen LogP contribution in [0.5, 0.6) is 0 Å². The largest absolute Gasteiger partial charge is 0.376 e. The number of nitrogens with zero attached hydrogens (tertiary/aromatic N) is 1. The van der Waals surface area contributed by atoms with Crippen molar-refractivity contribution >= 4 is 6.03 Å². The Morgan fingerprint density at radius 1 is 1.42 bits per heavy atom. The summed E-state index contributed by atoms with van der Waals surface area (Å²) in [5.74, 6) is 0.817. The molecule has 2 amide bonds. The number of rotatable bonds is 4. The van der Waals surface area contributed by atoms with E-state index in [0.717, 1.165) is 25.6 Å². The Morgan fingerprint density at radius 2 is 2.21 bits per heavy atom. The fourth-order valence-electron chi connectivity index (χ4n) is 4.41. The Labute approximate surface area is 115 Å². The van der Waals surface area contributed by atoms with Crippen molar-refractivity contribution in [3.05, 3.63) is 0 Å². The average Bonchev–Trinajstić information content (AvgIpc) is 2.91. The molecule has 2 bridgehead atoms. The molecule has 19 heavy (non-hydrogen) atoms. The molecule has 0 aromatic carbocycles. The van der Waals surface area contributed by atoms with Crippen molar-refractivity contribution in [1.82, 2.24) is 10.2 Å². The maximum atomic E-state index is 11.5. The van der Waals surface area contributed by atoms with Crippen LogP contribution in [0.4, 0.5) is 4.79 Å². The minimum Gasteiger partial charge on any atom is -0.376 e. The number of hydrogen-bond donors (Lipinski definition) is 1. The highest BCUT2D eigenvalue weighted by Gasteiger charge is 2.61. The zero-order valence-corrected chi connectivity index (χ0v) is 12.4. The van der Waals surface area contributed by atoms with E-state index >= 15 is 0 Å². The van der Waals surface area contributed by atoms with Crippen LogP contribution in [0, 0.1) is 16.7 Å². The Bertz CT molecular complexity index is 382. The number of urea groups is 1. The molecule has 0 aromatic heterocycles. The van der Waals surface area contributed by atoms with E-state index in [2.05, 4.69) is 26.1 Å². The van der Waals surface area contributed by atoms with Crippen LogP contribution in [0.1, 0.15) is 40.0 Å². The van der Waals surface area contributed by atoms with Gasteiger partial charge in [-0.15, -0.1) is 0 Å². The van der Waals surface area contributed by atoms with E-state index in [4.69, 9.17) is 4.74 Å². The molecule has 2 saturated carbocycles. The molecule has 3 aliphatic rings. The quantitative estimate of drug-likeness (QED) is 0.848. The Morgan fingerprint density at radius 3 is 2.74 bits per heavy atom. The summed E-state index contributed by atoms with van der Waals surface area (Å²) in [4.78, 5) is 13.3. The Hall–Kier alpha value is -0.770. The van der Waals surface area contributed by atoms with Crippen LogP contribution >= 0.6 is 0 Å². The first-order valence-corrected chi connectivity index (χ1v) is 7.59. The summed E-state index contributed by atoms with van der Waals surface area (Å²) in [5.41, 5.74) is 0.730. The second-order valence-electron chi connectivity index (χ2n) is 7.19. The van der Waals surface area contributed by atoms with Crippen molar-refractivity contribution in [3.63, 3.8) is 0 Å². The lowest BCUT2D eigenvalue weighted by Gasteiger charge is -2.39. The van der Waals surface area contributed by atoms with E-state index in [-0.39, 0.29) is 6.03 Å². The predicted molar refractivity (Wildman–Crippen MR) is 73.9 cm³/mol. The fraction of sp³-hybridized carbons (Fsp3) is 0.933. The minimum absolute atomic E-state index is 0.0584. The van der Waals surface area contributed by atoms with Crippen LogP contribution in [0.15, 0.2) is 0 Å². The van der Waals surface area contributed by atoms with Crippen molar-refractivity contribution in [2.45, 2.75) is 46.1 Å². The summed E-state index contributed by atoms with van der Waals surface area (Å²) >= 11 is 0. The van der Waals surface area contributed by atoms with E-state index in [9.17, 15) is 4.79 Å². The highest BCUT2D eigenvalue weighted by Crippen LogP contribution is 2.66. The maximum Gasteiger partial charge on any atom is 0.317 e. The van der Waals surface area contributed by atoms with E-state index in [1.807, 2.05) is 4.90 Å². The van der Waals surface area contributed by atoms with Gasteiger partial charge in [0.25, 0.3) is 0 Å². The van der Waals surface area contributed by atoms with Crippen LogP contribution in [-0.2, 0) is 4.74 Å². The van der Waals surface area contributed by atoms with Crippen LogP contribution in [-0.4, -0.2) is 43.3 Å². The topological polar surface area (TPSA) is 41.6 Å². The number of amides is 2. The summed E-state index contributed by atoms with van der Waals surface area (Å²) < 4.78 is 6.16. The average molecular weight is 266 g/mol. The number of hydrogen-bond acceptors (Lipinski definition) is 2. The molecule has 0 aromatic rings. The Balaban J connectivity index is 1.53. The SMILES string of the molecule is CC1(C)[C@@H]2CC[C@@]1(C)[C@H](OCCN1CCNC1=O)C2. The number of carbonyl (C=O) groups excluding carboxylic acids is 1. The molecule has 0 radical (unpaired) electrons. The second-order valence-corrected chi connectivity index (χ2v) is 7.19. The van der Waals surface area contributed by atoms with Crippen molar-refractivity contribution in [3.8, 4) is 0 Å². The first-order chi connectivity index (χ1) is 8.95. The smallest absolute Gasteiger partial charge is 0.317 e. The van der Waals surface area contributed by atoms with E-state index in [1.54, 1.807) is 0 Å². The first-order valence-electron chi connectivity index (χ1n) is 7.59. The fourth-order valence-corrected chi connectivity index (χ4v) is 4.41. The molecule has 1 aliphatic heterocycles. The van der Waals surface area contributed by atoms with Gasteiger partial charge in [-0.25, -0.2) is 4.79 Å². The highest BCUT2D eigenvalue weighted by atomic mass is 16.5. The third-order valence-electron chi connectivity index (χ3n) is 6.34. The molecule has 3 atom stereocenters. The predicted octanol–water partition coefficient (Wildman–Crippen LogP) is 2.24. The molecule has 3 fully saturated rings. The summed E-state index contributed by atoms with van der Waals surface area (Å²) in [6, 6.07) is 0.0584. The van der Waals surface area contributed by atoms with Gasteiger partial charge in [-0.3, -0.25) is 0 Å². The van der Waals surface area contributed by atoms with Gasteiger partial charge in [0.2, 0.25) is 0 Å². The van der Waals surface area contributed by atoms with E-state index in [0.29, 0.717) is 23.5 Å². The molecule has 2 aliphatic carbocycles. The van der Waals surface area contributed by atoms with Crippen molar-refractivity contribution in [1.29, 1.82) is 0 Å². The third kappa shape index (κ3) is 1.87. The molecule has 1 N–H and O–H groups in total. The molecular formula is C15H26N2O2. The summed E-state index contributed by atoms with van der Waals surface area (Å²) in [6.07, 6.45) is 4.24. The van der Waals surface area contributed by atoms with Gasteiger partial charge in [-0.05, 0) is 36.0 Å². The standard InChI is InChI=1S/C15H26N2O2/c1-14(2)11-4-5-15(14,3)12(10-11)19-9-8-17-7-6-16-13(17)18/h11-12H,4-10H2,1-3H3,(H,16,18)/t11-,12-,15+/m1/s1. The number of ether oxygens (including phenoxy) is 1. The van der Waals surface area contributed by atoms with Crippen LogP contribution in [0.2, 0.25) is 0 Å².